The average Bonchev–Trinajstić information content (AvgIpc) is 2.77. The molecule has 2 heterocycles. The lowest BCUT2D eigenvalue weighted by molar-refractivity contribution is 0.599. The maximum absolute atomic E-state index is 4.35. The Kier molecular flexibility index (Phi) is 4.28. The van der Waals surface area contributed by atoms with Gasteiger partial charge in [0.1, 0.15) is 0 Å². The molecule has 0 bridgehead atoms. The molecule has 0 unspecified atom stereocenters. The van der Waals surface area contributed by atoms with E-state index in [0.29, 0.717) is 6.54 Å². The van der Waals surface area contributed by atoms with Crippen LogP contribution < -0.4 is 5.32 Å². The number of nitrogens with zero attached hydrogens (tertiary/aromatic N) is 3. The van der Waals surface area contributed by atoms with Crippen molar-refractivity contribution in [2.75, 3.05) is 6.54 Å². The van der Waals surface area contributed by atoms with Crippen LogP contribution in [0.4, 0.5) is 0 Å². The molecule has 0 aromatic carbocycles. The van der Waals surface area contributed by atoms with E-state index in [1.54, 1.807) is 0 Å². The van der Waals surface area contributed by atoms with Gasteiger partial charge in [-0.3, -0.25) is 9.67 Å². The van der Waals surface area contributed by atoms with E-state index in [1.807, 2.05) is 35.3 Å². The van der Waals surface area contributed by atoms with Crippen molar-refractivity contribution >= 4 is 15.9 Å². The summed E-state index contributed by atoms with van der Waals surface area (Å²) < 4.78 is 2.97. The largest absolute Gasteiger partial charge is 0.311 e. The molecule has 2 rings (SSSR count). The van der Waals surface area contributed by atoms with Crippen LogP contribution in [-0.2, 0) is 13.1 Å². The van der Waals surface area contributed by atoms with Crippen molar-refractivity contribution in [3.8, 4) is 0 Å². The third-order valence-electron chi connectivity index (χ3n) is 2.46. The highest BCUT2D eigenvalue weighted by Gasteiger charge is 2.03. The molecule has 0 radical (unpaired) electrons. The summed E-state index contributed by atoms with van der Waals surface area (Å²) in [5.74, 6) is 0. The highest BCUT2D eigenvalue weighted by molar-refractivity contribution is 9.10. The second-order valence-corrected chi connectivity index (χ2v) is 4.64. The fraction of sp³-hybridized carbons (Fsp3) is 0.333. The third kappa shape index (κ3) is 3.38. The first kappa shape index (κ1) is 12.3. The maximum atomic E-state index is 4.35. The topological polar surface area (TPSA) is 42.7 Å². The molecule has 0 amide bonds. The molecule has 17 heavy (non-hydrogen) atoms. The summed E-state index contributed by atoms with van der Waals surface area (Å²) in [4.78, 5) is 4.35. The van der Waals surface area contributed by atoms with Gasteiger partial charge in [-0.2, -0.15) is 5.10 Å². The molecule has 5 heteroatoms. The predicted molar refractivity (Wildman–Crippen MR) is 70.6 cm³/mol. The fourth-order valence-electron chi connectivity index (χ4n) is 1.56. The Labute approximate surface area is 109 Å². The number of hydrogen-bond acceptors (Lipinski definition) is 3. The molecular weight excluding hydrogens is 280 g/mol. The van der Waals surface area contributed by atoms with Gasteiger partial charge in [-0.05, 0) is 40.7 Å². The van der Waals surface area contributed by atoms with Crippen molar-refractivity contribution in [2.24, 2.45) is 0 Å². The van der Waals surface area contributed by atoms with Gasteiger partial charge in [0, 0.05) is 23.4 Å². The lowest BCUT2D eigenvalue weighted by Gasteiger charge is -2.07. The van der Waals surface area contributed by atoms with Gasteiger partial charge in [-0.25, -0.2) is 0 Å². The molecule has 0 saturated carbocycles. The zero-order valence-electron chi connectivity index (χ0n) is 9.73. The molecule has 0 spiro atoms. The van der Waals surface area contributed by atoms with Crippen LogP contribution in [0.1, 0.15) is 18.3 Å². The molecule has 0 atom stereocenters. The Hall–Kier alpha value is -1.20. The second kappa shape index (κ2) is 5.93. The summed E-state index contributed by atoms with van der Waals surface area (Å²) in [5.41, 5.74) is 2.19. The highest BCUT2D eigenvalue weighted by Crippen LogP contribution is 2.09. The van der Waals surface area contributed by atoms with E-state index in [9.17, 15) is 0 Å². The average molecular weight is 295 g/mol. The molecule has 0 fully saturated rings. The van der Waals surface area contributed by atoms with E-state index in [1.165, 1.54) is 5.69 Å². The van der Waals surface area contributed by atoms with Crippen LogP contribution in [0.25, 0.3) is 0 Å². The van der Waals surface area contributed by atoms with Gasteiger partial charge in [0.2, 0.25) is 0 Å². The van der Waals surface area contributed by atoms with Crippen LogP contribution in [0, 0.1) is 0 Å². The van der Waals surface area contributed by atoms with E-state index in [-0.39, 0.29) is 0 Å². The van der Waals surface area contributed by atoms with Gasteiger partial charge in [-0.15, -0.1) is 0 Å². The number of halogens is 1. The Morgan fingerprint density at radius 2 is 2.24 bits per heavy atom. The number of hydrogen-bond donors (Lipinski definition) is 1. The Morgan fingerprint density at radius 1 is 1.35 bits per heavy atom. The van der Waals surface area contributed by atoms with Crippen molar-refractivity contribution in [1.82, 2.24) is 20.1 Å². The van der Waals surface area contributed by atoms with Crippen LogP contribution in [0.5, 0.6) is 0 Å². The molecule has 0 aliphatic heterocycles. The molecule has 0 saturated heterocycles. The molecule has 0 aliphatic rings. The van der Waals surface area contributed by atoms with Crippen molar-refractivity contribution in [1.29, 1.82) is 0 Å². The predicted octanol–water partition coefficient (Wildman–Crippen LogP) is 2.20. The van der Waals surface area contributed by atoms with Crippen molar-refractivity contribution < 1.29 is 0 Å². The van der Waals surface area contributed by atoms with E-state index >= 15 is 0 Å². The number of aromatic nitrogens is 3. The van der Waals surface area contributed by atoms with Gasteiger partial charge < -0.3 is 5.32 Å². The van der Waals surface area contributed by atoms with Gasteiger partial charge in [0.05, 0.1) is 17.9 Å². The molecule has 1 N–H and O–H groups in total. The summed E-state index contributed by atoms with van der Waals surface area (Å²) in [7, 11) is 0. The highest BCUT2D eigenvalue weighted by atomic mass is 79.9. The lowest BCUT2D eigenvalue weighted by Crippen LogP contribution is -2.16. The Balaban J connectivity index is 2.07. The third-order valence-corrected chi connectivity index (χ3v) is 2.93. The van der Waals surface area contributed by atoms with E-state index < -0.39 is 0 Å². The second-order valence-electron chi connectivity index (χ2n) is 3.73. The van der Waals surface area contributed by atoms with Gasteiger partial charge in [0.25, 0.3) is 0 Å². The summed E-state index contributed by atoms with van der Waals surface area (Å²) >= 11 is 3.38. The van der Waals surface area contributed by atoms with Gasteiger partial charge >= 0.3 is 0 Å². The molecular formula is C12H15BrN4. The van der Waals surface area contributed by atoms with Crippen LogP contribution in [0.15, 0.2) is 35.1 Å². The van der Waals surface area contributed by atoms with Crippen LogP contribution in [-0.4, -0.2) is 21.3 Å². The molecule has 90 valence electrons. The minimum Gasteiger partial charge on any atom is -0.311 e. The monoisotopic (exact) mass is 294 g/mol. The number of nitrogens with one attached hydrogen (secondary N) is 1. The van der Waals surface area contributed by atoms with Crippen LogP contribution in [0.2, 0.25) is 0 Å². The first-order chi connectivity index (χ1) is 8.29. The normalized spacial score (nSPS) is 10.7. The van der Waals surface area contributed by atoms with E-state index in [4.69, 9.17) is 0 Å². The Morgan fingerprint density at radius 3 is 2.94 bits per heavy atom. The smallest absolute Gasteiger partial charge is 0.0835 e. The van der Waals surface area contributed by atoms with Crippen LogP contribution in [0.3, 0.4) is 0 Å². The summed E-state index contributed by atoms with van der Waals surface area (Å²) in [6.45, 7) is 4.60. The number of pyridine rings is 1. The molecule has 2 aromatic rings. The van der Waals surface area contributed by atoms with Gasteiger partial charge in [-0.1, -0.05) is 6.92 Å². The number of rotatable bonds is 5. The minimum atomic E-state index is 0.709. The zero-order valence-corrected chi connectivity index (χ0v) is 11.3. The van der Waals surface area contributed by atoms with Crippen LogP contribution >= 0.6 is 15.9 Å². The summed E-state index contributed by atoms with van der Waals surface area (Å²) in [5, 5.41) is 7.61. The van der Waals surface area contributed by atoms with Gasteiger partial charge in [0.15, 0.2) is 0 Å². The quantitative estimate of drug-likeness (QED) is 0.919. The van der Waals surface area contributed by atoms with Crippen molar-refractivity contribution in [3.63, 3.8) is 0 Å². The summed E-state index contributed by atoms with van der Waals surface area (Å²) in [6.07, 6.45) is 3.63. The fourth-order valence-corrected chi connectivity index (χ4v) is 1.79. The lowest BCUT2D eigenvalue weighted by atomic mass is 10.3. The first-order valence-electron chi connectivity index (χ1n) is 5.61. The van der Waals surface area contributed by atoms with E-state index in [2.05, 4.69) is 38.3 Å². The van der Waals surface area contributed by atoms with E-state index in [0.717, 1.165) is 23.3 Å². The standard InChI is InChI=1S/C12H15BrN4/c1-2-14-8-12-5-6-16-17(12)9-11-4-3-10(13)7-15-11/h3-7,14H,2,8-9H2,1H3. The molecule has 4 nitrogen and oxygen atoms in total. The SMILES string of the molecule is CCNCc1ccnn1Cc1ccc(Br)cn1. The van der Waals surface area contributed by atoms with Crippen molar-refractivity contribution in [3.05, 3.63) is 46.5 Å². The Bertz CT molecular complexity index is 464. The molecule has 2 aromatic heterocycles. The van der Waals surface area contributed by atoms with Crippen molar-refractivity contribution in [2.45, 2.75) is 20.0 Å². The molecule has 0 aliphatic carbocycles. The first-order valence-corrected chi connectivity index (χ1v) is 6.40. The summed E-state index contributed by atoms with van der Waals surface area (Å²) in [6, 6.07) is 6.03. The maximum Gasteiger partial charge on any atom is 0.0835 e. The minimum absolute atomic E-state index is 0.709. The zero-order chi connectivity index (χ0) is 12.1.